The van der Waals surface area contributed by atoms with Gasteiger partial charge in [0.2, 0.25) is 0 Å². The van der Waals surface area contributed by atoms with Crippen LogP contribution in [-0.4, -0.2) is 0 Å². The van der Waals surface area contributed by atoms with Gasteiger partial charge in [0.15, 0.2) is 0 Å². The highest BCUT2D eigenvalue weighted by Gasteiger charge is 1.93. The van der Waals surface area contributed by atoms with Crippen LogP contribution in [0, 0.1) is 11.8 Å². The minimum atomic E-state index is 1.08. The zero-order valence-corrected chi connectivity index (χ0v) is 15.5. The average molecular weight is 328 g/mol. The topological polar surface area (TPSA) is 0 Å². The lowest BCUT2D eigenvalue weighted by molar-refractivity contribution is 0.717. The summed E-state index contributed by atoms with van der Waals surface area (Å²) in [7, 11) is 0. The van der Waals surface area contributed by atoms with Crippen molar-refractivity contribution in [1.82, 2.24) is 0 Å². The maximum absolute atomic E-state index is 3.07. The smallest absolute Gasteiger partial charge is 0.0109 e. The fourth-order valence-corrected chi connectivity index (χ4v) is 2.61. The van der Waals surface area contributed by atoms with Crippen molar-refractivity contribution in [3.05, 3.63) is 82.9 Å². The molecule has 2 aromatic carbocycles. The van der Waals surface area contributed by atoms with Crippen molar-refractivity contribution in [2.75, 3.05) is 0 Å². The maximum atomic E-state index is 3.07. The van der Waals surface area contributed by atoms with Crippen LogP contribution in [0.15, 0.2) is 60.7 Å². The Morgan fingerprint density at radius 3 is 1.68 bits per heavy atom. The van der Waals surface area contributed by atoms with E-state index < -0.39 is 0 Å². The zero-order chi connectivity index (χ0) is 17.7. The van der Waals surface area contributed by atoms with E-state index in [9.17, 15) is 0 Å². The highest BCUT2D eigenvalue weighted by Crippen LogP contribution is 2.10. The van der Waals surface area contributed by atoms with Crippen LogP contribution in [0.25, 0.3) is 12.2 Å². The van der Waals surface area contributed by atoms with E-state index in [1.54, 1.807) is 0 Å². The molecule has 128 valence electrons. The minimum absolute atomic E-state index is 1.08. The van der Waals surface area contributed by atoms with Gasteiger partial charge in [0.1, 0.15) is 0 Å². The number of unbranched alkanes of at least 4 members (excludes halogenated alkanes) is 2. The predicted molar refractivity (Wildman–Crippen MR) is 111 cm³/mol. The summed E-state index contributed by atoms with van der Waals surface area (Å²) in [5.74, 6) is 6.13. The molecule has 0 atom stereocenters. The fraction of sp³-hybridized carbons (Fsp3) is 0.280. The van der Waals surface area contributed by atoms with E-state index in [1.165, 1.54) is 47.9 Å². The molecule has 0 aliphatic heterocycles. The van der Waals surface area contributed by atoms with E-state index in [0.29, 0.717) is 0 Å². The third kappa shape index (κ3) is 7.27. The molecule has 0 unspecified atom stereocenters. The van der Waals surface area contributed by atoms with Gasteiger partial charge in [0.25, 0.3) is 0 Å². The van der Waals surface area contributed by atoms with Crippen molar-refractivity contribution in [3.63, 3.8) is 0 Å². The molecule has 0 aliphatic rings. The van der Waals surface area contributed by atoms with Crippen LogP contribution in [0.3, 0.4) is 0 Å². The number of hydrogen-bond acceptors (Lipinski definition) is 0. The second kappa shape index (κ2) is 11.1. The van der Waals surface area contributed by atoms with E-state index in [4.69, 9.17) is 0 Å². The maximum Gasteiger partial charge on any atom is -0.0109 e. The molecular formula is C25H28. The summed E-state index contributed by atoms with van der Waals surface area (Å²) < 4.78 is 0. The van der Waals surface area contributed by atoms with E-state index in [0.717, 1.165) is 6.42 Å². The minimum Gasteiger partial charge on any atom is -0.0702 e. The van der Waals surface area contributed by atoms with Gasteiger partial charge in [0.05, 0.1) is 0 Å². The molecule has 0 aliphatic carbocycles. The standard InChI is InChI=1S/C25H28/c1-3-5-8-11-23-18-20-25(21-19-23)13-10-7-6-9-12-24-16-14-22(4-2)15-17-24/h9-10,12-21H,3-5,8,11H2,1-2H3/b12-9+,13-10+. The molecule has 0 spiro atoms. The average Bonchev–Trinajstić information content (AvgIpc) is 2.66. The molecule has 0 heteroatoms. The van der Waals surface area contributed by atoms with Crippen molar-refractivity contribution >= 4 is 12.2 Å². The van der Waals surface area contributed by atoms with Crippen LogP contribution in [0.4, 0.5) is 0 Å². The lowest BCUT2D eigenvalue weighted by Crippen LogP contribution is -1.85. The first-order chi connectivity index (χ1) is 12.3. The van der Waals surface area contributed by atoms with E-state index in [-0.39, 0.29) is 0 Å². The SMILES string of the molecule is CCCCCc1ccc(/C=C/C#C/C=C/c2ccc(CC)cc2)cc1. The first-order valence-corrected chi connectivity index (χ1v) is 9.34. The van der Waals surface area contributed by atoms with Gasteiger partial charge in [-0.2, -0.15) is 0 Å². The second-order valence-electron chi connectivity index (χ2n) is 6.25. The van der Waals surface area contributed by atoms with E-state index in [2.05, 4.69) is 80.3 Å². The molecule has 0 saturated carbocycles. The third-order valence-corrected chi connectivity index (χ3v) is 4.24. The van der Waals surface area contributed by atoms with Gasteiger partial charge in [0, 0.05) is 0 Å². The highest BCUT2D eigenvalue weighted by molar-refractivity contribution is 5.56. The fourth-order valence-electron chi connectivity index (χ4n) is 2.61. The van der Waals surface area contributed by atoms with Gasteiger partial charge in [-0.25, -0.2) is 0 Å². The normalized spacial score (nSPS) is 11.0. The Bertz CT molecular complexity index is 731. The number of benzene rings is 2. The summed E-state index contributed by atoms with van der Waals surface area (Å²) in [5.41, 5.74) is 5.18. The predicted octanol–water partition coefficient (Wildman–Crippen LogP) is 6.71. The summed E-state index contributed by atoms with van der Waals surface area (Å²) in [6, 6.07) is 17.4. The Morgan fingerprint density at radius 2 is 1.20 bits per heavy atom. The van der Waals surface area contributed by atoms with Gasteiger partial charge >= 0.3 is 0 Å². The summed E-state index contributed by atoms with van der Waals surface area (Å²) in [6.07, 6.45) is 14.1. The first-order valence-electron chi connectivity index (χ1n) is 9.34. The van der Waals surface area contributed by atoms with E-state index >= 15 is 0 Å². The van der Waals surface area contributed by atoms with Gasteiger partial charge in [-0.3, -0.25) is 0 Å². The molecule has 0 amide bonds. The van der Waals surface area contributed by atoms with Crippen LogP contribution in [0.1, 0.15) is 55.4 Å². The molecule has 25 heavy (non-hydrogen) atoms. The second-order valence-corrected chi connectivity index (χ2v) is 6.25. The van der Waals surface area contributed by atoms with Crippen LogP contribution in [0.5, 0.6) is 0 Å². The van der Waals surface area contributed by atoms with Gasteiger partial charge in [-0.15, -0.1) is 0 Å². The number of allylic oxidation sites excluding steroid dienone is 2. The molecular weight excluding hydrogens is 300 g/mol. The number of rotatable bonds is 7. The molecule has 0 aromatic heterocycles. The van der Waals surface area contributed by atoms with Crippen molar-refractivity contribution in [2.24, 2.45) is 0 Å². The molecule has 0 saturated heterocycles. The quantitative estimate of drug-likeness (QED) is 0.391. The molecule has 0 fully saturated rings. The largest absolute Gasteiger partial charge is 0.0702 e. The lowest BCUT2D eigenvalue weighted by atomic mass is 10.1. The lowest BCUT2D eigenvalue weighted by Gasteiger charge is -2.00. The summed E-state index contributed by atoms with van der Waals surface area (Å²) in [5, 5.41) is 0. The van der Waals surface area contributed by atoms with Crippen LogP contribution < -0.4 is 0 Å². The van der Waals surface area contributed by atoms with Crippen molar-refractivity contribution < 1.29 is 0 Å². The first kappa shape index (κ1) is 18.8. The summed E-state index contributed by atoms with van der Waals surface area (Å²) in [6.45, 7) is 4.41. The zero-order valence-electron chi connectivity index (χ0n) is 15.5. The molecule has 0 bridgehead atoms. The summed E-state index contributed by atoms with van der Waals surface area (Å²) in [4.78, 5) is 0. The molecule has 2 rings (SSSR count). The monoisotopic (exact) mass is 328 g/mol. The van der Waals surface area contributed by atoms with Crippen molar-refractivity contribution in [2.45, 2.75) is 46.0 Å². The Balaban J connectivity index is 1.82. The van der Waals surface area contributed by atoms with Crippen LogP contribution in [0.2, 0.25) is 0 Å². The number of aryl methyl sites for hydroxylation is 2. The Morgan fingerprint density at radius 1 is 0.680 bits per heavy atom. The Hall–Kier alpha value is -2.52. The molecule has 0 radical (unpaired) electrons. The van der Waals surface area contributed by atoms with Gasteiger partial charge in [-0.1, -0.05) is 87.1 Å². The molecule has 0 N–H and O–H groups in total. The summed E-state index contributed by atoms with van der Waals surface area (Å²) >= 11 is 0. The van der Waals surface area contributed by atoms with Crippen molar-refractivity contribution in [3.8, 4) is 11.8 Å². The molecule has 2 aromatic rings. The van der Waals surface area contributed by atoms with Gasteiger partial charge < -0.3 is 0 Å². The highest BCUT2D eigenvalue weighted by atomic mass is 14.0. The van der Waals surface area contributed by atoms with Crippen LogP contribution >= 0.6 is 0 Å². The van der Waals surface area contributed by atoms with E-state index in [1.807, 2.05) is 18.2 Å². The van der Waals surface area contributed by atoms with Gasteiger partial charge in [-0.05, 0) is 65.8 Å². The molecule has 0 heterocycles. The number of hydrogen-bond donors (Lipinski definition) is 0. The Labute approximate surface area is 153 Å². The third-order valence-electron chi connectivity index (χ3n) is 4.24. The van der Waals surface area contributed by atoms with Crippen LogP contribution in [-0.2, 0) is 12.8 Å². The molecule has 0 nitrogen and oxygen atoms in total. The van der Waals surface area contributed by atoms with Crippen molar-refractivity contribution in [1.29, 1.82) is 0 Å². The Kier molecular flexibility index (Phi) is 8.36.